The van der Waals surface area contributed by atoms with Crippen LogP contribution in [0.3, 0.4) is 0 Å². The lowest BCUT2D eigenvalue weighted by atomic mass is 10.2. The van der Waals surface area contributed by atoms with Gasteiger partial charge in [0.15, 0.2) is 0 Å². The summed E-state index contributed by atoms with van der Waals surface area (Å²) in [5.74, 6) is -3.92. The summed E-state index contributed by atoms with van der Waals surface area (Å²) in [6.45, 7) is 3.02. The molecular formula is C19H21NO6S. The normalized spacial score (nSPS) is 9.70. The van der Waals surface area contributed by atoms with Crippen molar-refractivity contribution in [1.82, 2.24) is 5.32 Å². The van der Waals surface area contributed by atoms with Gasteiger partial charge in [-0.15, -0.1) is 0 Å². The molecule has 0 unspecified atom stereocenters. The van der Waals surface area contributed by atoms with E-state index in [1.165, 1.54) is 10.5 Å². The molecule has 0 spiro atoms. The number of aliphatic carboxylic acids is 2. The van der Waals surface area contributed by atoms with E-state index >= 15 is 0 Å². The summed E-state index contributed by atoms with van der Waals surface area (Å²) >= 11 is 1.66. The number of benzene rings is 2. The molecule has 0 aromatic heterocycles. The third-order valence-electron chi connectivity index (χ3n) is 3.10. The number of carboxylic acid groups (broad SMARTS) is 2. The molecule has 0 saturated heterocycles. The Morgan fingerprint density at radius 2 is 1.70 bits per heavy atom. The van der Waals surface area contributed by atoms with Crippen molar-refractivity contribution < 1.29 is 29.3 Å². The first-order valence-electron chi connectivity index (χ1n) is 8.02. The van der Waals surface area contributed by atoms with Gasteiger partial charge in [0.2, 0.25) is 0 Å². The molecule has 144 valence electrons. The van der Waals surface area contributed by atoms with Crippen molar-refractivity contribution in [2.75, 3.05) is 13.7 Å². The van der Waals surface area contributed by atoms with Gasteiger partial charge in [0.1, 0.15) is 0 Å². The molecule has 7 nitrogen and oxygen atoms in total. The Balaban J connectivity index is 0.000000527. The van der Waals surface area contributed by atoms with Gasteiger partial charge in [0.05, 0.1) is 12.2 Å². The van der Waals surface area contributed by atoms with Crippen molar-refractivity contribution in [2.24, 2.45) is 0 Å². The Morgan fingerprint density at radius 1 is 1.04 bits per heavy atom. The molecule has 0 atom stereocenters. The van der Waals surface area contributed by atoms with Crippen LogP contribution in [0.25, 0.3) is 0 Å². The number of rotatable bonds is 6. The van der Waals surface area contributed by atoms with Crippen molar-refractivity contribution in [3.63, 3.8) is 0 Å². The average Bonchev–Trinajstić information content (AvgIpc) is 2.64. The van der Waals surface area contributed by atoms with E-state index in [9.17, 15) is 4.79 Å². The molecule has 0 fully saturated rings. The lowest BCUT2D eigenvalue weighted by Gasteiger charge is -2.09. The first-order chi connectivity index (χ1) is 12.9. The second kappa shape index (κ2) is 11.7. The van der Waals surface area contributed by atoms with E-state index in [0.717, 1.165) is 11.4 Å². The van der Waals surface area contributed by atoms with Crippen molar-refractivity contribution in [2.45, 2.75) is 23.3 Å². The minimum absolute atomic E-state index is 0.275. The fourth-order valence-corrected chi connectivity index (χ4v) is 2.97. The third kappa shape index (κ3) is 7.93. The molecular weight excluding hydrogens is 370 g/mol. The summed E-state index contributed by atoms with van der Waals surface area (Å²) < 4.78 is 5.04. The van der Waals surface area contributed by atoms with E-state index in [1.54, 1.807) is 17.8 Å². The fourth-order valence-electron chi connectivity index (χ4n) is 1.97. The molecule has 27 heavy (non-hydrogen) atoms. The summed E-state index contributed by atoms with van der Waals surface area (Å²) in [7, 11) is 1.93. The van der Waals surface area contributed by atoms with Crippen molar-refractivity contribution >= 4 is 29.7 Å². The van der Waals surface area contributed by atoms with Gasteiger partial charge in [-0.2, -0.15) is 0 Å². The Morgan fingerprint density at radius 3 is 2.30 bits per heavy atom. The van der Waals surface area contributed by atoms with Gasteiger partial charge in [-0.05, 0) is 43.8 Å². The highest BCUT2D eigenvalue weighted by atomic mass is 32.2. The molecule has 2 rings (SSSR count). The molecule has 0 amide bonds. The molecule has 0 saturated carbocycles. The number of esters is 1. The number of carbonyl (C=O) groups excluding carboxylic acids is 1. The topological polar surface area (TPSA) is 113 Å². The summed E-state index contributed by atoms with van der Waals surface area (Å²) in [6, 6.07) is 15.8. The first kappa shape index (κ1) is 22.2. The molecule has 3 N–H and O–H groups in total. The maximum Gasteiger partial charge on any atom is 0.414 e. The van der Waals surface area contributed by atoms with Gasteiger partial charge in [-0.25, -0.2) is 14.4 Å². The van der Waals surface area contributed by atoms with Crippen LogP contribution in [-0.4, -0.2) is 41.8 Å². The first-order valence-corrected chi connectivity index (χ1v) is 8.84. The lowest BCUT2D eigenvalue weighted by Crippen LogP contribution is -2.09. The van der Waals surface area contributed by atoms with Crippen LogP contribution in [0.5, 0.6) is 0 Å². The van der Waals surface area contributed by atoms with Crippen LogP contribution in [-0.2, 0) is 20.9 Å². The van der Waals surface area contributed by atoms with Gasteiger partial charge < -0.3 is 20.3 Å². The zero-order valence-corrected chi connectivity index (χ0v) is 15.8. The zero-order chi connectivity index (χ0) is 20.2. The number of hydrogen-bond donors (Lipinski definition) is 3. The summed E-state index contributed by atoms with van der Waals surface area (Å²) in [6.07, 6.45) is 0. The molecule has 0 aliphatic heterocycles. The molecule has 2 aromatic rings. The quantitative estimate of drug-likeness (QED) is 0.509. The number of carbonyl (C=O) groups is 3. The number of ether oxygens (including phenoxy) is 1. The van der Waals surface area contributed by atoms with E-state index in [4.69, 9.17) is 24.5 Å². The van der Waals surface area contributed by atoms with Crippen molar-refractivity contribution in [1.29, 1.82) is 0 Å². The Kier molecular flexibility index (Phi) is 9.63. The summed E-state index contributed by atoms with van der Waals surface area (Å²) in [5.41, 5.74) is 1.83. The number of hydrogen-bond acceptors (Lipinski definition) is 6. The number of carboxylic acids is 2. The summed E-state index contributed by atoms with van der Waals surface area (Å²) in [4.78, 5) is 32.2. The predicted octanol–water partition coefficient (Wildman–Crippen LogP) is 2.89. The Hall–Kier alpha value is -2.84. The lowest BCUT2D eigenvalue weighted by molar-refractivity contribution is -0.159. The smallest absolute Gasteiger partial charge is 0.414 e. The van der Waals surface area contributed by atoms with E-state index < -0.39 is 11.9 Å². The molecule has 0 heterocycles. The van der Waals surface area contributed by atoms with Gasteiger partial charge in [0.25, 0.3) is 0 Å². The molecule has 0 aliphatic carbocycles. The van der Waals surface area contributed by atoms with Crippen molar-refractivity contribution in [3.05, 3.63) is 59.7 Å². The van der Waals surface area contributed by atoms with Crippen LogP contribution >= 0.6 is 11.8 Å². The van der Waals surface area contributed by atoms with E-state index in [2.05, 4.69) is 17.4 Å². The predicted molar refractivity (Wildman–Crippen MR) is 101 cm³/mol. The minimum atomic E-state index is -1.82. The largest absolute Gasteiger partial charge is 0.473 e. The van der Waals surface area contributed by atoms with E-state index in [-0.39, 0.29) is 5.97 Å². The molecule has 0 aliphatic rings. The second-order valence-corrected chi connectivity index (χ2v) is 6.21. The molecule has 8 heteroatoms. The molecule has 0 radical (unpaired) electrons. The SMILES string of the molecule is CCOC(=O)c1cccc(Sc2ccccc2CNC)c1.O=C(O)C(=O)O. The maximum absolute atomic E-state index is 11.8. The molecule has 0 bridgehead atoms. The van der Waals surface area contributed by atoms with Gasteiger partial charge in [-0.3, -0.25) is 0 Å². The Bertz CT molecular complexity index is 781. The summed E-state index contributed by atoms with van der Waals surface area (Å²) in [5, 5.41) is 18.0. The standard InChI is InChI=1S/C17H19NO2S.C2H2O4/c1-3-20-17(19)13-8-6-9-15(11-13)21-16-10-5-4-7-14(16)12-18-2;3-1(4)2(5)6/h4-11,18H,3,12H2,1-2H3;(H,3,4)(H,5,6). The second-order valence-electron chi connectivity index (χ2n) is 5.10. The highest BCUT2D eigenvalue weighted by Crippen LogP contribution is 2.31. The van der Waals surface area contributed by atoms with Crippen LogP contribution < -0.4 is 5.32 Å². The maximum atomic E-state index is 11.8. The van der Waals surface area contributed by atoms with Crippen LogP contribution in [0.2, 0.25) is 0 Å². The van der Waals surface area contributed by atoms with Crippen LogP contribution in [0, 0.1) is 0 Å². The highest BCUT2D eigenvalue weighted by Gasteiger charge is 2.09. The van der Waals surface area contributed by atoms with Gasteiger partial charge >= 0.3 is 17.9 Å². The fraction of sp³-hybridized carbons (Fsp3) is 0.211. The minimum Gasteiger partial charge on any atom is -0.473 e. The number of nitrogens with one attached hydrogen (secondary N) is 1. The monoisotopic (exact) mass is 391 g/mol. The third-order valence-corrected chi connectivity index (χ3v) is 4.20. The van der Waals surface area contributed by atoms with Crippen molar-refractivity contribution in [3.8, 4) is 0 Å². The van der Waals surface area contributed by atoms with Gasteiger partial charge in [-0.1, -0.05) is 36.0 Å². The van der Waals surface area contributed by atoms with E-state index in [1.807, 2.05) is 44.3 Å². The Labute approximate surface area is 161 Å². The zero-order valence-electron chi connectivity index (χ0n) is 15.0. The van der Waals surface area contributed by atoms with Gasteiger partial charge in [0, 0.05) is 16.3 Å². The van der Waals surface area contributed by atoms with Crippen LogP contribution in [0.4, 0.5) is 0 Å². The van der Waals surface area contributed by atoms with Crippen LogP contribution in [0.1, 0.15) is 22.8 Å². The highest BCUT2D eigenvalue weighted by molar-refractivity contribution is 7.99. The average molecular weight is 391 g/mol. The van der Waals surface area contributed by atoms with Crippen LogP contribution in [0.15, 0.2) is 58.3 Å². The van der Waals surface area contributed by atoms with E-state index in [0.29, 0.717) is 12.2 Å². The molecule has 2 aromatic carbocycles.